The monoisotopic (exact) mass is 505 g/mol. The number of rotatable bonds is 19. The number of carbonyl (C=O) groups is 1. The van der Waals surface area contributed by atoms with Crippen molar-refractivity contribution in [2.75, 3.05) is 32.7 Å². The standard InChI is InChI=1S/C33H64N2O/c1-5-9-13-15-19-32(18-14-10-6-2)33(36)35-26-20-29(21-27-35)28-34-24-22-31(23-25-34)30(16-11-7-3)17-12-8-4/h29-32H,5-28H2,1-4H3. The number of unbranched alkanes of at least 4 members (excludes halogenated alkanes) is 7. The average molecular weight is 505 g/mol. The molecule has 0 spiro atoms. The molecule has 0 bridgehead atoms. The van der Waals surface area contributed by atoms with Gasteiger partial charge in [0, 0.05) is 25.6 Å². The van der Waals surface area contributed by atoms with Gasteiger partial charge in [-0.3, -0.25) is 4.79 Å². The summed E-state index contributed by atoms with van der Waals surface area (Å²) in [6.07, 6.45) is 24.9. The normalized spacial score (nSPS) is 19.3. The first-order valence-electron chi connectivity index (χ1n) is 16.6. The highest BCUT2D eigenvalue weighted by atomic mass is 16.2. The van der Waals surface area contributed by atoms with Crippen LogP contribution in [0.15, 0.2) is 0 Å². The van der Waals surface area contributed by atoms with Crippen LogP contribution in [0.1, 0.15) is 150 Å². The minimum absolute atomic E-state index is 0.289. The fourth-order valence-electron chi connectivity index (χ4n) is 6.96. The average Bonchev–Trinajstić information content (AvgIpc) is 2.91. The van der Waals surface area contributed by atoms with Crippen LogP contribution in [0.5, 0.6) is 0 Å². The molecule has 3 nitrogen and oxygen atoms in total. The number of hydrogen-bond donors (Lipinski definition) is 0. The van der Waals surface area contributed by atoms with Gasteiger partial charge in [-0.25, -0.2) is 0 Å². The number of nitrogens with zero attached hydrogens (tertiary/aromatic N) is 2. The molecule has 212 valence electrons. The van der Waals surface area contributed by atoms with E-state index in [1.54, 1.807) is 0 Å². The maximum absolute atomic E-state index is 13.4. The summed E-state index contributed by atoms with van der Waals surface area (Å²) in [5, 5.41) is 0. The molecular formula is C33H64N2O. The Balaban J connectivity index is 1.73. The van der Waals surface area contributed by atoms with Crippen LogP contribution in [-0.4, -0.2) is 48.4 Å². The van der Waals surface area contributed by atoms with Crippen LogP contribution in [0.3, 0.4) is 0 Å². The van der Waals surface area contributed by atoms with Crippen LogP contribution in [0.25, 0.3) is 0 Å². The van der Waals surface area contributed by atoms with Crippen molar-refractivity contribution in [3.8, 4) is 0 Å². The zero-order chi connectivity index (χ0) is 26.0. The first kappa shape index (κ1) is 31.6. The first-order chi connectivity index (χ1) is 17.6. The van der Waals surface area contributed by atoms with Gasteiger partial charge >= 0.3 is 0 Å². The van der Waals surface area contributed by atoms with Crippen molar-refractivity contribution in [2.24, 2.45) is 23.7 Å². The second kappa shape index (κ2) is 19.5. The van der Waals surface area contributed by atoms with E-state index in [2.05, 4.69) is 37.5 Å². The molecule has 0 aromatic carbocycles. The number of amides is 1. The van der Waals surface area contributed by atoms with E-state index in [0.717, 1.165) is 43.7 Å². The van der Waals surface area contributed by atoms with Gasteiger partial charge in [-0.1, -0.05) is 111 Å². The Morgan fingerprint density at radius 1 is 0.639 bits per heavy atom. The highest BCUT2D eigenvalue weighted by Gasteiger charge is 2.30. The molecule has 3 heteroatoms. The molecule has 2 saturated heterocycles. The minimum Gasteiger partial charge on any atom is -0.342 e. The summed E-state index contributed by atoms with van der Waals surface area (Å²) in [5.74, 6) is 3.53. The van der Waals surface area contributed by atoms with E-state index in [0.29, 0.717) is 5.91 Å². The third-order valence-electron chi connectivity index (χ3n) is 9.51. The fourth-order valence-corrected chi connectivity index (χ4v) is 6.96. The van der Waals surface area contributed by atoms with E-state index in [1.165, 1.54) is 129 Å². The van der Waals surface area contributed by atoms with E-state index in [-0.39, 0.29) is 5.92 Å². The van der Waals surface area contributed by atoms with Gasteiger partial charge in [0.05, 0.1) is 0 Å². The van der Waals surface area contributed by atoms with Crippen LogP contribution >= 0.6 is 0 Å². The fraction of sp³-hybridized carbons (Fsp3) is 0.970. The predicted octanol–water partition coefficient (Wildman–Crippen LogP) is 9.10. The molecule has 0 aromatic heterocycles. The minimum atomic E-state index is 0.289. The molecule has 0 radical (unpaired) electrons. The number of piperidine rings is 2. The van der Waals surface area contributed by atoms with E-state index < -0.39 is 0 Å². The molecule has 2 aliphatic rings. The van der Waals surface area contributed by atoms with E-state index in [9.17, 15) is 4.79 Å². The number of likely N-dealkylation sites (tertiary alicyclic amines) is 2. The molecule has 0 aromatic rings. The Morgan fingerprint density at radius 2 is 1.17 bits per heavy atom. The van der Waals surface area contributed by atoms with Gasteiger partial charge in [-0.05, 0) is 69.4 Å². The molecule has 0 aliphatic carbocycles. The molecule has 2 fully saturated rings. The Kier molecular flexibility index (Phi) is 17.1. The van der Waals surface area contributed by atoms with Gasteiger partial charge in [0.25, 0.3) is 0 Å². The lowest BCUT2D eigenvalue weighted by Crippen LogP contribution is -2.45. The molecule has 2 rings (SSSR count). The highest BCUT2D eigenvalue weighted by Crippen LogP contribution is 2.33. The predicted molar refractivity (Wildman–Crippen MR) is 157 cm³/mol. The Morgan fingerprint density at radius 3 is 1.72 bits per heavy atom. The second-order valence-corrected chi connectivity index (χ2v) is 12.5. The van der Waals surface area contributed by atoms with Gasteiger partial charge in [-0.2, -0.15) is 0 Å². The third kappa shape index (κ3) is 11.9. The maximum atomic E-state index is 13.4. The SMILES string of the molecule is CCCCCCC(CCCCC)C(=O)N1CCC(CN2CCC(C(CCCC)CCCC)CC2)CC1. The van der Waals surface area contributed by atoms with Crippen molar-refractivity contribution in [3.05, 3.63) is 0 Å². The highest BCUT2D eigenvalue weighted by molar-refractivity contribution is 5.78. The Bertz CT molecular complexity index is 526. The van der Waals surface area contributed by atoms with Crippen molar-refractivity contribution in [2.45, 2.75) is 150 Å². The summed E-state index contributed by atoms with van der Waals surface area (Å²) in [4.78, 5) is 18.4. The summed E-state index contributed by atoms with van der Waals surface area (Å²) >= 11 is 0. The Hall–Kier alpha value is -0.570. The molecule has 1 atom stereocenters. The largest absolute Gasteiger partial charge is 0.342 e. The zero-order valence-corrected chi connectivity index (χ0v) is 25.1. The smallest absolute Gasteiger partial charge is 0.225 e. The molecule has 2 heterocycles. The van der Waals surface area contributed by atoms with Crippen molar-refractivity contribution in [1.29, 1.82) is 0 Å². The van der Waals surface area contributed by atoms with E-state index in [1.807, 2.05) is 0 Å². The maximum Gasteiger partial charge on any atom is 0.225 e. The molecule has 36 heavy (non-hydrogen) atoms. The summed E-state index contributed by atoms with van der Waals surface area (Å²) < 4.78 is 0. The van der Waals surface area contributed by atoms with Crippen molar-refractivity contribution < 1.29 is 4.79 Å². The number of hydrogen-bond acceptors (Lipinski definition) is 2. The summed E-state index contributed by atoms with van der Waals surface area (Å²) in [5.41, 5.74) is 0. The van der Waals surface area contributed by atoms with Gasteiger partial charge in [0.15, 0.2) is 0 Å². The summed E-state index contributed by atoms with van der Waals surface area (Å²) in [6, 6.07) is 0. The molecule has 0 saturated carbocycles. The van der Waals surface area contributed by atoms with Crippen LogP contribution < -0.4 is 0 Å². The van der Waals surface area contributed by atoms with E-state index in [4.69, 9.17) is 0 Å². The van der Waals surface area contributed by atoms with Crippen molar-refractivity contribution in [3.63, 3.8) is 0 Å². The lowest BCUT2D eigenvalue weighted by molar-refractivity contribution is -0.137. The third-order valence-corrected chi connectivity index (χ3v) is 9.51. The van der Waals surface area contributed by atoms with Crippen molar-refractivity contribution in [1.82, 2.24) is 9.80 Å². The second-order valence-electron chi connectivity index (χ2n) is 12.5. The lowest BCUT2D eigenvalue weighted by Gasteiger charge is -2.40. The molecular weight excluding hydrogens is 440 g/mol. The summed E-state index contributed by atoms with van der Waals surface area (Å²) in [7, 11) is 0. The zero-order valence-electron chi connectivity index (χ0n) is 25.1. The van der Waals surface area contributed by atoms with Crippen molar-refractivity contribution >= 4 is 5.91 Å². The molecule has 0 N–H and O–H groups in total. The van der Waals surface area contributed by atoms with E-state index >= 15 is 0 Å². The topological polar surface area (TPSA) is 23.6 Å². The van der Waals surface area contributed by atoms with Gasteiger partial charge in [0.2, 0.25) is 5.91 Å². The van der Waals surface area contributed by atoms with Crippen LogP contribution in [0, 0.1) is 23.7 Å². The quantitative estimate of drug-likeness (QED) is 0.164. The van der Waals surface area contributed by atoms with Gasteiger partial charge in [0.1, 0.15) is 0 Å². The van der Waals surface area contributed by atoms with Crippen LogP contribution in [-0.2, 0) is 4.79 Å². The molecule has 1 amide bonds. The van der Waals surface area contributed by atoms with Crippen LogP contribution in [0.2, 0.25) is 0 Å². The lowest BCUT2D eigenvalue weighted by atomic mass is 9.78. The molecule has 2 aliphatic heterocycles. The number of carbonyl (C=O) groups excluding carboxylic acids is 1. The van der Waals surface area contributed by atoms with Gasteiger partial charge < -0.3 is 9.80 Å². The van der Waals surface area contributed by atoms with Gasteiger partial charge in [-0.15, -0.1) is 0 Å². The van der Waals surface area contributed by atoms with Crippen LogP contribution in [0.4, 0.5) is 0 Å². The Labute approximate surface area is 226 Å². The summed E-state index contributed by atoms with van der Waals surface area (Å²) in [6.45, 7) is 15.2. The molecule has 1 unspecified atom stereocenters. The first-order valence-corrected chi connectivity index (χ1v) is 16.6.